The number of furan rings is 1. The van der Waals surface area contributed by atoms with Crippen LogP contribution in [0.2, 0.25) is 0 Å². The lowest BCUT2D eigenvalue weighted by molar-refractivity contribution is 0.670. The molecule has 0 N–H and O–H groups in total. The molecule has 58 heavy (non-hydrogen) atoms. The Balaban J connectivity index is 1.01. The van der Waals surface area contributed by atoms with Gasteiger partial charge < -0.3 is 9.32 Å². The van der Waals surface area contributed by atoms with Crippen LogP contribution in [0.15, 0.2) is 229 Å². The molecule has 0 spiro atoms. The molecule has 0 atom stereocenters. The van der Waals surface area contributed by atoms with Crippen LogP contribution in [-0.4, -0.2) is 0 Å². The molecule has 2 nitrogen and oxygen atoms in total. The Bertz CT molecular complexity index is 3280. The van der Waals surface area contributed by atoms with Gasteiger partial charge >= 0.3 is 0 Å². The van der Waals surface area contributed by atoms with E-state index in [9.17, 15) is 0 Å². The molecule has 0 radical (unpaired) electrons. The van der Waals surface area contributed by atoms with Crippen molar-refractivity contribution in [2.75, 3.05) is 4.90 Å². The predicted octanol–water partition coefficient (Wildman–Crippen LogP) is 16.0. The highest BCUT2D eigenvalue weighted by molar-refractivity contribution is 6.09. The molecule has 0 saturated heterocycles. The van der Waals surface area contributed by atoms with Crippen LogP contribution in [-0.2, 0) is 0 Å². The van der Waals surface area contributed by atoms with Gasteiger partial charge in [-0.1, -0.05) is 170 Å². The zero-order chi connectivity index (χ0) is 38.4. The molecule has 2 heteroatoms. The Hall–Kier alpha value is -7.68. The van der Waals surface area contributed by atoms with Crippen LogP contribution in [0.25, 0.3) is 88.0 Å². The Morgan fingerprint density at radius 3 is 1.53 bits per heavy atom. The van der Waals surface area contributed by atoms with E-state index >= 15 is 0 Å². The summed E-state index contributed by atoms with van der Waals surface area (Å²) in [4.78, 5) is 2.38. The van der Waals surface area contributed by atoms with Crippen molar-refractivity contribution in [2.24, 2.45) is 0 Å². The first-order valence-electron chi connectivity index (χ1n) is 19.8. The predicted molar refractivity (Wildman–Crippen MR) is 245 cm³/mol. The Kier molecular flexibility index (Phi) is 8.19. The number of para-hydroxylation sites is 3. The lowest BCUT2D eigenvalue weighted by atomic mass is 9.96. The van der Waals surface area contributed by atoms with Crippen molar-refractivity contribution >= 4 is 60.5 Å². The van der Waals surface area contributed by atoms with Crippen LogP contribution in [0.4, 0.5) is 17.1 Å². The molecule has 0 aliphatic carbocycles. The highest BCUT2D eigenvalue weighted by Gasteiger charge is 2.19. The fraction of sp³-hybridized carbons (Fsp3) is 0. The third-order valence-electron chi connectivity index (χ3n) is 11.5. The van der Waals surface area contributed by atoms with Gasteiger partial charge in [-0.2, -0.15) is 0 Å². The van der Waals surface area contributed by atoms with E-state index in [1.807, 2.05) is 12.1 Å². The van der Waals surface area contributed by atoms with Gasteiger partial charge in [-0.05, 0) is 110 Å². The van der Waals surface area contributed by atoms with Gasteiger partial charge in [-0.15, -0.1) is 0 Å². The van der Waals surface area contributed by atoms with Crippen LogP contribution >= 0.6 is 0 Å². The Labute approximate surface area is 337 Å². The summed E-state index contributed by atoms with van der Waals surface area (Å²) >= 11 is 0. The first-order valence-corrected chi connectivity index (χ1v) is 19.8. The molecular weight excluding hydrogens is 703 g/mol. The van der Waals surface area contributed by atoms with Crippen molar-refractivity contribution in [3.8, 4) is 44.5 Å². The minimum Gasteiger partial charge on any atom is -0.455 e. The van der Waals surface area contributed by atoms with Gasteiger partial charge in [-0.25, -0.2) is 0 Å². The summed E-state index contributed by atoms with van der Waals surface area (Å²) in [5, 5.41) is 7.22. The van der Waals surface area contributed by atoms with Crippen LogP contribution in [0.3, 0.4) is 0 Å². The molecule has 0 unspecified atom stereocenters. The molecule has 0 bridgehead atoms. The van der Waals surface area contributed by atoms with Crippen molar-refractivity contribution in [1.82, 2.24) is 0 Å². The third-order valence-corrected chi connectivity index (χ3v) is 11.5. The van der Waals surface area contributed by atoms with Gasteiger partial charge in [0.2, 0.25) is 0 Å². The first-order chi connectivity index (χ1) is 28.7. The summed E-state index contributed by atoms with van der Waals surface area (Å²) in [6, 6.07) is 80.7. The molecule has 0 fully saturated rings. The average Bonchev–Trinajstić information content (AvgIpc) is 3.69. The summed E-state index contributed by atoms with van der Waals surface area (Å²) < 4.78 is 6.44. The molecule has 0 saturated carbocycles. The van der Waals surface area contributed by atoms with Crippen molar-refractivity contribution < 1.29 is 4.42 Å². The lowest BCUT2D eigenvalue weighted by Gasteiger charge is -2.28. The molecule has 0 amide bonds. The average molecular weight is 740 g/mol. The number of nitrogens with zero attached hydrogens (tertiary/aromatic N) is 1. The smallest absolute Gasteiger partial charge is 0.143 e. The maximum absolute atomic E-state index is 6.44. The van der Waals surface area contributed by atoms with E-state index in [4.69, 9.17) is 4.42 Å². The molecule has 0 aliphatic heterocycles. The number of fused-ring (bicyclic) bond motifs is 5. The summed E-state index contributed by atoms with van der Waals surface area (Å²) in [6.45, 7) is 0. The summed E-state index contributed by atoms with van der Waals surface area (Å²) in [5.74, 6) is 0. The SMILES string of the molecule is c1cc(-c2ccc(N(c3ccc(-c4cccc5c4oc4ccccc45)cc3)c3ccccc3-c3ccc4ccccc4c3)cc2)cc(-c2ccc3ccccc3c2)c1. The van der Waals surface area contributed by atoms with Crippen LogP contribution in [0, 0.1) is 0 Å². The Morgan fingerprint density at radius 1 is 0.293 bits per heavy atom. The fourth-order valence-electron chi connectivity index (χ4n) is 8.51. The van der Waals surface area contributed by atoms with Crippen LogP contribution < -0.4 is 4.90 Å². The maximum Gasteiger partial charge on any atom is 0.143 e. The second kappa shape index (κ2) is 14.1. The van der Waals surface area contributed by atoms with Crippen LogP contribution in [0.5, 0.6) is 0 Å². The van der Waals surface area contributed by atoms with E-state index in [1.165, 1.54) is 49.4 Å². The van der Waals surface area contributed by atoms with Crippen LogP contribution in [0.1, 0.15) is 0 Å². The summed E-state index contributed by atoms with van der Waals surface area (Å²) in [6.07, 6.45) is 0. The largest absolute Gasteiger partial charge is 0.455 e. The van der Waals surface area contributed by atoms with Gasteiger partial charge in [0, 0.05) is 33.3 Å². The second-order valence-electron chi connectivity index (χ2n) is 14.9. The molecule has 11 aromatic rings. The summed E-state index contributed by atoms with van der Waals surface area (Å²) in [5.41, 5.74) is 14.4. The van der Waals surface area contributed by atoms with Crippen molar-refractivity contribution in [3.63, 3.8) is 0 Å². The number of rotatable bonds is 7. The van der Waals surface area contributed by atoms with Gasteiger partial charge in [0.15, 0.2) is 0 Å². The Morgan fingerprint density at radius 2 is 0.793 bits per heavy atom. The standard InChI is InChI=1S/C56H37NO/c1-3-13-42-36-46(25-23-38(42)11-1)45-16-9-15-44(35-45)40-27-31-48(32-28-40)57(54-21-7-5-17-50(54)47-26-24-39-12-2-4-14-43(39)37-47)49-33-29-41(30-34-49)51-19-10-20-53-52-18-6-8-22-55(52)58-56(51)53/h1-37H. The highest BCUT2D eigenvalue weighted by Crippen LogP contribution is 2.43. The fourth-order valence-corrected chi connectivity index (χ4v) is 8.51. The molecule has 11 rings (SSSR count). The van der Waals surface area contributed by atoms with Crippen molar-refractivity contribution in [3.05, 3.63) is 224 Å². The van der Waals surface area contributed by atoms with Gasteiger partial charge in [0.25, 0.3) is 0 Å². The normalized spacial score (nSPS) is 11.4. The number of benzene rings is 10. The number of anilines is 3. The monoisotopic (exact) mass is 739 g/mol. The van der Waals surface area contributed by atoms with E-state index in [-0.39, 0.29) is 0 Å². The van der Waals surface area contributed by atoms with E-state index in [0.717, 1.165) is 55.7 Å². The van der Waals surface area contributed by atoms with Gasteiger partial charge in [0.05, 0.1) is 5.69 Å². The maximum atomic E-state index is 6.44. The van der Waals surface area contributed by atoms with E-state index in [0.29, 0.717) is 0 Å². The molecule has 1 aromatic heterocycles. The molecule has 10 aromatic carbocycles. The van der Waals surface area contributed by atoms with Gasteiger partial charge in [0.1, 0.15) is 11.2 Å². The van der Waals surface area contributed by atoms with E-state index in [2.05, 4.69) is 217 Å². The minimum absolute atomic E-state index is 0.905. The first kappa shape index (κ1) is 33.6. The van der Waals surface area contributed by atoms with Crippen molar-refractivity contribution in [1.29, 1.82) is 0 Å². The lowest BCUT2D eigenvalue weighted by Crippen LogP contribution is -2.11. The molecule has 1 heterocycles. The van der Waals surface area contributed by atoms with Crippen molar-refractivity contribution in [2.45, 2.75) is 0 Å². The zero-order valence-electron chi connectivity index (χ0n) is 31.7. The van der Waals surface area contributed by atoms with Gasteiger partial charge in [-0.3, -0.25) is 0 Å². The zero-order valence-corrected chi connectivity index (χ0v) is 31.7. The number of hydrogen-bond donors (Lipinski definition) is 0. The molecule has 0 aliphatic rings. The molecular formula is C56H37NO. The summed E-state index contributed by atoms with van der Waals surface area (Å²) in [7, 11) is 0. The number of hydrogen-bond acceptors (Lipinski definition) is 2. The quantitative estimate of drug-likeness (QED) is 0.162. The second-order valence-corrected chi connectivity index (χ2v) is 14.9. The minimum atomic E-state index is 0.905. The molecule has 272 valence electrons. The topological polar surface area (TPSA) is 16.4 Å². The third kappa shape index (κ3) is 6.00. The van der Waals surface area contributed by atoms with E-state index < -0.39 is 0 Å². The highest BCUT2D eigenvalue weighted by atomic mass is 16.3. The van der Waals surface area contributed by atoms with E-state index in [1.54, 1.807) is 0 Å².